The molecule has 3 rings (SSSR count). The maximum atomic E-state index is 12.8. The fourth-order valence-electron chi connectivity index (χ4n) is 3.48. The Hall–Kier alpha value is -2.14. The van der Waals surface area contributed by atoms with Gasteiger partial charge in [-0.1, -0.05) is 18.2 Å². The van der Waals surface area contributed by atoms with Crippen molar-refractivity contribution in [2.24, 2.45) is 0 Å². The molecular weight excluding hydrogens is 300 g/mol. The second-order valence-corrected chi connectivity index (χ2v) is 6.80. The highest BCUT2D eigenvalue weighted by Crippen LogP contribution is 2.20. The number of hydrogen-bond acceptors (Lipinski definition) is 3. The average molecular weight is 326 g/mol. The maximum Gasteiger partial charge on any atom is 0.257 e. The average Bonchev–Trinajstić information content (AvgIpc) is 3.13. The highest BCUT2D eigenvalue weighted by atomic mass is 16.2. The third kappa shape index (κ3) is 3.08. The third-order valence-electron chi connectivity index (χ3n) is 5.09. The van der Waals surface area contributed by atoms with Crippen LogP contribution in [0.3, 0.4) is 0 Å². The van der Waals surface area contributed by atoms with E-state index in [-0.39, 0.29) is 5.91 Å². The van der Waals surface area contributed by atoms with Gasteiger partial charge in [-0.3, -0.25) is 4.79 Å². The lowest BCUT2D eigenvalue weighted by atomic mass is 10.1. The number of aromatic nitrogens is 2. The lowest BCUT2D eigenvalue weighted by Crippen LogP contribution is -2.39. The normalized spacial score (nSPS) is 18.1. The first-order valence-corrected chi connectivity index (χ1v) is 8.55. The predicted molar refractivity (Wildman–Crippen MR) is 95.7 cm³/mol. The molecule has 0 saturated carbocycles. The van der Waals surface area contributed by atoms with E-state index in [1.54, 1.807) is 6.20 Å². The molecule has 1 unspecified atom stereocenters. The summed E-state index contributed by atoms with van der Waals surface area (Å²) < 4.78 is 1.86. The number of benzene rings is 1. The first kappa shape index (κ1) is 16.7. The fraction of sp³-hybridized carbons (Fsp3) is 0.474. The molecule has 1 saturated heterocycles. The van der Waals surface area contributed by atoms with Crippen LogP contribution < -0.4 is 0 Å². The summed E-state index contributed by atoms with van der Waals surface area (Å²) in [6, 6.07) is 8.55. The molecule has 24 heavy (non-hydrogen) atoms. The number of amides is 1. The summed E-state index contributed by atoms with van der Waals surface area (Å²) in [7, 11) is 4.02. The van der Waals surface area contributed by atoms with Crippen molar-refractivity contribution in [1.82, 2.24) is 19.6 Å². The van der Waals surface area contributed by atoms with Crippen LogP contribution in [0.25, 0.3) is 5.69 Å². The van der Waals surface area contributed by atoms with E-state index in [4.69, 9.17) is 0 Å². The molecule has 1 fully saturated rings. The zero-order chi connectivity index (χ0) is 17.3. The SMILES string of the molecule is Cc1ccccc1-n1ncc(C(=O)N(C)CC2CCCN2C)c1C. The predicted octanol–water partition coefficient (Wildman–Crippen LogP) is 2.66. The van der Waals surface area contributed by atoms with Crippen LogP contribution in [0, 0.1) is 13.8 Å². The smallest absolute Gasteiger partial charge is 0.257 e. The van der Waals surface area contributed by atoms with Gasteiger partial charge in [0.2, 0.25) is 0 Å². The van der Waals surface area contributed by atoms with Crippen LogP contribution in [0.2, 0.25) is 0 Å². The van der Waals surface area contributed by atoms with Crippen LogP contribution in [-0.2, 0) is 0 Å². The standard InChI is InChI=1S/C19H26N4O/c1-14-8-5-6-10-18(14)23-15(2)17(12-20-23)19(24)22(4)13-16-9-7-11-21(16)3/h5-6,8,10,12,16H,7,9,11,13H2,1-4H3. The Labute approximate surface area is 143 Å². The van der Waals surface area contributed by atoms with E-state index in [9.17, 15) is 4.79 Å². The van der Waals surface area contributed by atoms with Gasteiger partial charge in [-0.2, -0.15) is 5.10 Å². The number of rotatable bonds is 4. The Morgan fingerprint density at radius 1 is 1.33 bits per heavy atom. The van der Waals surface area contributed by atoms with Crippen molar-refractivity contribution in [3.8, 4) is 5.69 Å². The van der Waals surface area contributed by atoms with E-state index in [1.165, 1.54) is 6.42 Å². The summed E-state index contributed by atoms with van der Waals surface area (Å²) in [6.07, 6.45) is 4.07. The molecule has 5 nitrogen and oxygen atoms in total. The first-order chi connectivity index (χ1) is 11.5. The van der Waals surface area contributed by atoms with Crippen LogP contribution in [0.1, 0.15) is 34.5 Å². The summed E-state index contributed by atoms with van der Waals surface area (Å²) in [4.78, 5) is 17.0. The largest absolute Gasteiger partial charge is 0.340 e. The second-order valence-electron chi connectivity index (χ2n) is 6.80. The topological polar surface area (TPSA) is 41.4 Å². The van der Waals surface area contributed by atoms with E-state index in [1.807, 2.05) is 41.8 Å². The molecule has 0 aliphatic carbocycles. The molecule has 0 N–H and O–H groups in total. The van der Waals surface area contributed by atoms with Gasteiger partial charge in [-0.25, -0.2) is 4.68 Å². The van der Waals surface area contributed by atoms with Gasteiger partial charge in [0.15, 0.2) is 0 Å². The Bertz CT molecular complexity index is 737. The van der Waals surface area contributed by atoms with Crippen molar-refractivity contribution < 1.29 is 4.79 Å². The molecule has 0 radical (unpaired) electrons. The highest BCUT2D eigenvalue weighted by Gasteiger charge is 2.26. The van der Waals surface area contributed by atoms with Crippen molar-refractivity contribution in [1.29, 1.82) is 0 Å². The molecule has 1 aromatic heterocycles. The Morgan fingerprint density at radius 3 is 2.75 bits per heavy atom. The Balaban J connectivity index is 1.80. The minimum atomic E-state index is 0.0487. The van der Waals surface area contributed by atoms with Crippen molar-refractivity contribution in [3.05, 3.63) is 47.3 Å². The van der Waals surface area contributed by atoms with Crippen molar-refractivity contribution in [2.75, 3.05) is 27.2 Å². The Kier molecular flexibility index (Phi) is 4.71. The number of likely N-dealkylation sites (N-methyl/N-ethyl adjacent to an activating group) is 2. The lowest BCUT2D eigenvalue weighted by Gasteiger charge is -2.25. The number of aryl methyl sites for hydroxylation is 1. The van der Waals surface area contributed by atoms with E-state index in [2.05, 4.69) is 30.0 Å². The molecule has 128 valence electrons. The van der Waals surface area contributed by atoms with Gasteiger partial charge in [0.05, 0.1) is 23.1 Å². The number of hydrogen-bond donors (Lipinski definition) is 0. The van der Waals surface area contributed by atoms with Crippen LogP contribution in [0.4, 0.5) is 0 Å². The van der Waals surface area contributed by atoms with Crippen LogP contribution in [0.5, 0.6) is 0 Å². The van der Waals surface area contributed by atoms with E-state index in [0.29, 0.717) is 11.6 Å². The molecule has 2 heterocycles. The minimum absolute atomic E-state index is 0.0487. The van der Waals surface area contributed by atoms with Gasteiger partial charge in [-0.05, 0) is 51.9 Å². The maximum absolute atomic E-state index is 12.8. The molecular formula is C19H26N4O. The van der Waals surface area contributed by atoms with Gasteiger partial charge >= 0.3 is 0 Å². The van der Waals surface area contributed by atoms with Gasteiger partial charge < -0.3 is 9.80 Å². The van der Waals surface area contributed by atoms with Gasteiger partial charge in [0.1, 0.15) is 0 Å². The number of nitrogens with zero attached hydrogens (tertiary/aromatic N) is 4. The van der Waals surface area contributed by atoms with E-state index < -0.39 is 0 Å². The molecule has 1 atom stereocenters. The fourth-order valence-corrected chi connectivity index (χ4v) is 3.48. The van der Waals surface area contributed by atoms with Crippen molar-refractivity contribution in [3.63, 3.8) is 0 Å². The monoisotopic (exact) mass is 326 g/mol. The van der Waals surface area contributed by atoms with E-state index >= 15 is 0 Å². The number of carbonyl (C=O) groups is 1. The molecule has 1 aromatic carbocycles. The van der Waals surface area contributed by atoms with Gasteiger partial charge in [0.25, 0.3) is 5.91 Å². The second kappa shape index (κ2) is 6.77. The quantitative estimate of drug-likeness (QED) is 0.867. The zero-order valence-corrected chi connectivity index (χ0v) is 15.0. The van der Waals surface area contributed by atoms with Crippen LogP contribution in [0.15, 0.2) is 30.5 Å². The summed E-state index contributed by atoms with van der Waals surface area (Å²) >= 11 is 0. The number of likely N-dealkylation sites (tertiary alicyclic amines) is 1. The molecule has 2 aromatic rings. The third-order valence-corrected chi connectivity index (χ3v) is 5.09. The van der Waals surface area contributed by atoms with Crippen LogP contribution in [-0.4, -0.2) is 58.7 Å². The summed E-state index contributed by atoms with van der Waals surface area (Å²) in [5, 5.41) is 4.46. The number of para-hydroxylation sites is 1. The Morgan fingerprint density at radius 2 is 2.08 bits per heavy atom. The van der Waals surface area contributed by atoms with Gasteiger partial charge in [-0.15, -0.1) is 0 Å². The summed E-state index contributed by atoms with van der Waals surface area (Å²) in [5.41, 5.74) is 3.73. The summed E-state index contributed by atoms with van der Waals surface area (Å²) in [5.74, 6) is 0.0487. The van der Waals surface area contributed by atoms with Crippen molar-refractivity contribution >= 4 is 5.91 Å². The minimum Gasteiger partial charge on any atom is -0.340 e. The zero-order valence-electron chi connectivity index (χ0n) is 15.0. The van der Waals surface area contributed by atoms with Gasteiger partial charge in [0, 0.05) is 19.6 Å². The molecule has 1 aliphatic heterocycles. The molecule has 5 heteroatoms. The molecule has 1 aliphatic rings. The molecule has 0 bridgehead atoms. The first-order valence-electron chi connectivity index (χ1n) is 8.55. The van der Waals surface area contributed by atoms with E-state index in [0.717, 1.165) is 36.5 Å². The van der Waals surface area contributed by atoms with Crippen molar-refractivity contribution in [2.45, 2.75) is 32.7 Å². The highest BCUT2D eigenvalue weighted by molar-refractivity contribution is 5.95. The lowest BCUT2D eigenvalue weighted by molar-refractivity contribution is 0.0761. The molecule has 0 spiro atoms. The molecule has 1 amide bonds. The van der Waals surface area contributed by atoms with Crippen LogP contribution >= 0.6 is 0 Å². The number of carbonyl (C=O) groups excluding carboxylic acids is 1. The summed E-state index contributed by atoms with van der Waals surface area (Å²) in [6.45, 7) is 5.91.